The van der Waals surface area contributed by atoms with Gasteiger partial charge in [0.2, 0.25) is 0 Å². The number of hydrogen-bond donors (Lipinski definition) is 0. The highest BCUT2D eigenvalue weighted by Gasteiger charge is 2.04. The van der Waals surface area contributed by atoms with Gasteiger partial charge in [-0.1, -0.05) is 58.4 Å². The van der Waals surface area contributed by atoms with E-state index >= 15 is 0 Å². The predicted octanol–water partition coefficient (Wildman–Crippen LogP) is 5.44. The number of hydrogen-bond acceptors (Lipinski definition) is 2. The average Bonchev–Trinajstić information content (AvgIpc) is 2.42. The van der Waals surface area contributed by atoms with Crippen molar-refractivity contribution in [2.45, 2.75) is 5.75 Å². The number of thioether (sulfide) groups is 1. The van der Waals surface area contributed by atoms with E-state index in [1.165, 1.54) is 5.56 Å². The van der Waals surface area contributed by atoms with E-state index in [0.29, 0.717) is 0 Å². The van der Waals surface area contributed by atoms with Crippen LogP contribution in [0, 0.1) is 0 Å². The Kier molecular flexibility index (Phi) is 5.47. The molecule has 0 radical (unpaired) electrons. The molecule has 0 spiro atoms. The Labute approximate surface area is 128 Å². The summed E-state index contributed by atoms with van der Waals surface area (Å²) in [5, 5.41) is 0.992. The standard InChI is InChI=1S/C14H11Br2NS/c15-13-8-6-12(7-9-13)14(17-16)18-10-11-4-2-1-3-5-11/h1-9H,10H2/b17-14+. The van der Waals surface area contributed by atoms with Crippen LogP contribution < -0.4 is 0 Å². The Morgan fingerprint density at radius 1 is 1.00 bits per heavy atom. The lowest BCUT2D eigenvalue weighted by Gasteiger charge is -2.05. The summed E-state index contributed by atoms with van der Waals surface area (Å²) in [4.78, 5) is 0. The minimum absolute atomic E-state index is 0.918. The van der Waals surface area contributed by atoms with Crippen LogP contribution >= 0.6 is 43.8 Å². The molecule has 0 fully saturated rings. The van der Waals surface area contributed by atoms with Crippen LogP contribution in [0.2, 0.25) is 0 Å². The van der Waals surface area contributed by atoms with Gasteiger partial charge >= 0.3 is 0 Å². The van der Waals surface area contributed by atoms with Crippen LogP contribution in [-0.2, 0) is 5.75 Å². The maximum Gasteiger partial charge on any atom is 0.112 e. The van der Waals surface area contributed by atoms with Crippen LogP contribution in [-0.4, -0.2) is 5.04 Å². The molecule has 2 aromatic carbocycles. The Bertz CT molecular complexity index is 523. The molecular formula is C14H11Br2NS. The molecule has 0 heterocycles. The molecule has 0 aromatic heterocycles. The van der Waals surface area contributed by atoms with Crippen LogP contribution in [0.5, 0.6) is 0 Å². The summed E-state index contributed by atoms with van der Waals surface area (Å²) in [7, 11) is 0. The number of halogens is 2. The summed E-state index contributed by atoms with van der Waals surface area (Å²) in [6, 6.07) is 18.6. The summed E-state index contributed by atoms with van der Waals surface area (Å²) < 4.78 is 5.26. The lowest BCUT2D eigenvalue weighted by atomic mass is 10.2. The van der Waals surface area contributed by atoms with Crippen molar-refractivity contribution in [2.75, 3.05) is 0 Å². The number of rotatable bonds is 3. The molecule has 0 aliphatic carbocycles. The highest BCUT2D eigenvalue weighted by Crippen LogP contribution is 2.21. The molecule has 2 rings (SSSR count). The van der Waals surface area contributed by atoms with Gasteiger partial charge in [-0.05, 0) is 17.7 Å². The van der Waals surface area contributed by atoms with Crippen molar-refractivity contribution in [2.24, 2.45) is 4.02 Å². The van der Waals surface area contributed by atoms with Crippen LogP contribution in [0.1, 0.15) is 11.1 Å². The van der Waals surface area contributed by atoms with Gasteiger partial charge in [-0.15, -0.1) is 11.8 Å². The highest BCUT2D eigenvalue weighted by molar-refractivity contribution is 9.10. The number of benzene rings is 2. The summed E-state index contributed by atoms with van der Waals surface area (Å²) in [6.45, 7) is 0. The molecule has 0 N–H and O–H groups in total. The van der Waals surface area contributed by atoms with Crippen LogP contribution in [0.25, 0.3) is 0 Å². The predicted molar refractivity (Wildman–Crippen MR) is 87.3 cm³/mol. The van der Waals surface area contributed by atoms with Crippen molar-refractivity contribution in [3.8, 4) is 0 Å². The van der Waals surface area contributed by atoms with Crippen LogP contribution in [0.4, 0.5) is 0 Å². The van der Waals surface area contributed by atoms with Gasteiger partial charge in [-0.3, -0.25) is 0 Å². The van der Waals surface area contributed by atoms with Crippen molar-refractivity contribution in [3.63, 3.8) is 0 Å². The van der Waals surface area contributed by atoms with E-state index in [1.54, 1.807) is 11.8 Å². The van der Waals surface area contributed by atoms with Gasteiger partial charge in [-0.25, -0.2) is 0 Å². The third-order valence-corrected chi connectivity index (χ3v) is 4.58. The Morgan fingerprint density at radius 3 is 2.28 bits per heavy atom. The van der Waals surface area contributed by atoms with Gasteiger partial charge < -0.3 is 0 Å². The molecule has 0 aliphatic heterocycles. The number of nitrogens with zero attached hydrogens (tertiary/aromatic N) is 1. The van der Waals surface area contributed by atoms with Gasteiger partial charge in [0.15, 0.2) is 0 Å². The second-order valence-corrected chi connectivity index (χ2v) is 5.91. The van der Waals surface area contributed by atoms with Crippen molar-refractivity contribution < 1.29 is 0 Å². The molecule has 0 aliphatic rings. The lowest BCUT2D eigenvalue weighted by molar-refractivity contribution is 1.42. The minimum atomic E-state index is 0.918. The molecule has 1 nitrogen and oxygen atoms in total. The van der Waals surface area contributed by atoms with Crippen molar-refractivity contribution in [1.29, 1.82) is 0 Å². The third kappa shape index (κ3) is 3.97. The monoisotopic (exact) mass is 383 g/mol. The molecule has 0 saturated heterocycles. The van der Waals surface area contributed by atoms with Gasteiger partial charge in [0.05, 0.1) is 16.1 Å². The SMILES string of the molecule is Br/N=C(/SCc1ccccc1)c1ccc(Br)cc1. The Morgan fingerprint density at radius 2 is 1.67 bits per heavy atom. The smallest absolute Gasteiger partial charge is 0.112 e. The molecule has 0 saturated carbocycles. The molecule has 0 amide bonds. The molecule has 92 valence electrons. The molecule has 18 heavy (non-hydrogen) atoms. The first-order valence-electron chi connectivity index (χ1n) is 5.41. The summed E-state index contributed by atoms with van der Waals surface area (Å²) in [5.74, 6) is 0.918. The fourth-order valence-corrected chi connectivity index (χ4v) is 3.10. The van der Waals surface area contributed by atoms with Crippen molar-refractivity contribution >= 4 is 48.9 Å². The quantitative estimate of drug-likeness (QED) is 0.507. The van der Waals surface area contributed by atoms with Gasteiger partial charge in [0.1, 0.15) is 5.04 Å². The second kappa shape index (κ2) is 7.12. The van der Waals surface area contributed by atoms with Crippen LogP contribution in [0.15, 0.2) is 63.1 Å². The molecule has 4 heteroatoms. The van der Waals surface area contributed by atoms with Crippen molar-refractivity contribution in [3.05, 3.63) is 70.2 Å². The Hall–Kier alpha value is -0.580. The summed E-state index contributed by atoms with van der Waals surface area (Å²) >= 11 is 8.36. The topological polar surface area (TPSA) is 12.4 Å². The van der Waals surface area contributed by atoms with E-state index in [9.17, 15) is 0 Å². The molecule has 0 bridgehead atoms. The lowest BCUT2D eigenvalue weighted by Crippen LogP contribution is -1.95. The maximum atomic E-state index is 4.18. The van der Waals surface area contributed by atoms with E-state index in [-0.39, 0.29) is 0 Å². The Balaban J connectivity index is 2.05. The van der Waals surface area contributed by atoms with E-state index < -0.39 is 0 Å². The molecule has 2 aromatic rings. The summed E-state index contributed by atoms with van der Waals surface area (Å²) in [5.41, 5.74) is 2.42. The van der Waals surface area contributed by atoms with Gasteiger partial charge in [-0.2, -0.15) is 4.02 Å². The van der Waals surface area contributed by atoms with E-state index in [0.717, 1.165) is 20.8 Å². The zero-order chi connectivity index (χ0) is 12.8. The maximum absolute atomic E-state index is 4.18. The first-order chi connectivity index (χ1) is 8.79. The molecule has 0 unspecified atom stereocenters. The van der Waals surface area contributed by atoms with Gasteiger partial charge in [0.25, 0.3) is 0 Å². The zero-order valence-corrected chi connectivity index (χ0v) is 13.5. The fourth-order valence-electron chi connectivity index (χ4n) is 1.47. The van der Waals surface area contributed by atoms with Gasteiger partial charge in [0, 0.05) is 15.8 Å². The normalized spacial score (nSPS) is 11.6. The summed E-state index contributed by atoms with van der Waals surface area (Å²) in [6.07, 6.45) is 0. The first kappa shape index (κ1) is 13.8. The highest BCUT2D eigenvalue weighted by atomic mass is 79.9. The largest absolute Gasteiger partial charge is 0.200 e. The van der Waals surface area contributed by atoms with E-state index in [2.05, 4.69) is 72.5 Å². The zero-order valence-electron chi connectivity index (χ0n) is 9.51. The third-order valence-electron chi connectivity index (χ3n) is 2.39. The van der Waals surface area contributed by atoms with E-state index in [4.69, 9.17) is 0 Å². The van der Waals surface area contributed by atoms with Crippen LogP contribution in [0.3, 0.4) is 0 Å². The van der Waals surface area contributed by atoms with E-state index in [1.807, 2.05) is 18.2 Å². The van der Waals surface area contributed by atoms with Crippen molar-refractivity contribution in [1.82, 2.24) is 0 Å². The fraction of sp³-hybridized carbons (Fsp3) is 0.0714. The first-order valence-corrected chi connectivity index (χ1v) is 7.90. The average molecular weight is 385 g/mol. The molecular weight excluding hydrogens is 374 g/mol. The second-order valence-electron chi connectivity index (χ2n) is 3.67. The minimum Gasteiger partial charge on any atom is -0.200 e. The molecule has 0 atom stereocenters.